The highest BCUT2D eigenvalue weighted by molar-refractivity contribution is 5.85. The van der Waals surface area contributed by atoms with Crippen molar-refractivity contribution in [1.82, 2.24) is 0 Å². The lowest BCUT2D eigenvalue weighted by Gasteiger charge is -2.08. The summed E-state index contributed by atoms with van der Waals surface area (Å²) in [6.07, 6.45) is 2.44. The minimum Gasteiger partial charge on any atom is -0.481 e. The van der Waals surface area contributed by atoms with E-state index in [0.717, 1.165) is 19.3 Å². The topological polar surface area (TPSA) is 89.6 Å². The van der Waals surface area contributed by atoms with Crippen LogP contribution in [-0.4, -0.2) is 29.7 Å². The first-order chi connectivity index (χ1) is 6.57. The van der Waals surface area contributed by atoms with Gasteiger partial charge in [0.1, 0.15) is 6.04 Å². The molecule has 0 aromatic heterocycles. The maximum Gasteiger partial charge on any atom is 0.323 e. The fourth-order valence-corrected chi connectivity index (χ4v) is 0.903. The molecule has 90 valence electrons. The molecule has 0 unspecified atom stereocenters. The molecule has 0 rings (SSSR count). The molecular formula is C9H18ClNO4. The summed E-state index contributed by atoms with van der Waals surface area (Å²) in [5.41, 5.74) is 5.28. The molecule has 15 heavy (non-hydrogen) atoms. The van der Waals surface area contributed by atoms with Crippen molar-refractivity contribution in [2.24, 2.45) is 5.73 Å². The molecule has 0 amide bonds. The normalized spacial score (nSPS) is 11.3. The molecule has 0 aromatic carbocycles. The molecule has 1 atom stereocenters. The summed E-state index contributed by atoms with van der Waals surface area (Å²) >= 11 is 0. The van der Waals surface area contributed by atoms with E-state index in [0.29, 0.717) is 6.61 Å². The highest BCUT2D eigenvalue weighted by Gasteiger charge is 2.17. The summed E-state index contributed by atoms with van der Waals surface area (Å²) in [7, 11) is 0. The molecule has 0 saturated carbocycles. The van der Waals surface area contributed by atoms with Crippen LogP contribution in [0.5, 0.6) is 0 Å². The number of halogens is 1. The van der Waals surface area contributed by atoms with E-state index in [1.165, 1.54) is 0 Å². The van der Waals surface area contributed by atoms with E-state index < -0.39 is 18.0 Å². The quantitative estimate of drug-likeness (QED) is 0.510. The van der Waals surface area contributed by atoms with Gasteiger partial charge < -0.3 is 15.6 Å². The SMILES string of the molecule is CCCCCOC(=O)[C@@H](N)CC(=O)O.Cl. The number of carbonyl (C=O) groups is 2. The number of nitrogens with two attached hydrogens (primary N) is 1. The third-order valence-electron chi connectivity index (χ3n) is 1.69. The number of carbonyl (C=O) groups excluding carboxylic acids is 1. The van der Waals surface area contributed by atoms with Gasteiger partial charge in [-0.1, -0.05) is 19.8 Å². The first-order valence-electron chi connectivity index (χ1n) is 4.72. The van der Waals surface area contributed by atoms with Crippen LogP contribution in [0.1, 0.15) is 32.6 Å². The minimum atomic E-state index is -1.09. The van der Waals surface area contributed by atoms with Crippen molar-refractivity contribution >= 4 is 24.3 Å². The smallest absolute Gasteiger partial charge is 0.323 e. The predicted octanol–water partition coefficient (Wildman–Crippen LogP) is 0.944. The summed E-state index contributed by atoms with van der Waals surface area (Å²) in [4.78, 5) is 21.2. The fourth-order valence-electron chi connectivity index (χ4n) is 0.903. The first kappa shape index (κ1) is 16.6. The number of rotatable bonds is 7. The first-order valence-corrected chi connectivity index (χ1v) is 4.72. The van der Waals surface area contributed by atoms with Gasteiger partial charge in [0.15, 0.2) is 0 Å². The molecule has 0 aliphatic heterocycles. The van der Waals surface area contributed by atoms with Crippen molar-refractivity contribution in [3.63, 3.8) is 0 Å². The van der Waals surface area contributed by atoms with Crippen LogP contribution in [0.2, 0.25) is 0 Å². The fraction of sp³-hybridized carbons (Fsp3) is 0.778. The van der Waals surface area contributed by atoms with Gasteiger partial charge in [-0.25, -0.2) is 0 Å². The van der Waals surface area contributed by atoms with E-state index in [4.69, 9.17) is 15.6 Å². The molecule has 6 heteroatoms. The van der Waals surface area contributed by atoms with Crippen molar-refractivity contribution in [1.29, 1.82) is 0 Å². The van der Waals surface area contributed by atoms with E-state index >= 15 is 0 Å². The number of esters is 1. The number of carboxylic acids is 1. The van der Waals surface area contributed by atoms with Gasteiger partial charge in [-0.2, -0.15) is 0 Å². The van der Waals surface area contributed by atoms with E-state index in [2.05, 4.69) is 0 Å². The van der Waals surface area contributed by atoms with Gasteiger partial charge in [0.25, 0.3) is 0 Å². The van der Waals surface area contributed by atoms with Gasteiger partial charge in [0.2, 0.25) is 0 Å². The Labute approximate surface area is 95.4 Å². The van der Waals surface area contributed by atoms with Crippen molar-refractivity contribution in [2.45, 2.75) is 38.6 Å². The second kappa shape index (κ2) is 9.73. The van der Waals surface area contributed by atoms with Crippen LogP contribution in [0.15, 0.2) is 0 Å². The molecule has 5 nitrogen and oxygen atoms in total. The molecule has 0 aliphatic rings. The van der Waals surface area contributed by atoms with Crippen molar-refractivity contribution < 1.29 is 19.4 Å². The zero-order chi connectivity index (χ0) is 11.0. The van der Waals surface area contributed by atoms with E-state index in [1.807, 2.05) is 6.92 Å². The van der Waals surface area contributed by atoms with Gasteiger partial charge in [0, 0.05) is 0 Å². The Bertz CT molecular complexity index is 199. The molecular weight excluding hydrogens is 222 g/mol. The summed E-state index contributed by atoms with van der Waals surface area (Å²) in [5, 5.41) is 8.35. The van der Waals surface area contributed by atoms with E-state index in [-0.39, 0.29) is 18.8 Å². The largest absolute Gasteiger partial charge is 0.481 e. The average molecular weight is 240 g/mol. The molecule has 0 fully saturated rings. The van der Waals surface area contributed by atoms with Gasteiger partial charge in [-0.15, -0.1) is 12.4 Å². The Morgan fingerprint density at radius 2 is 2.00 bits per heavy atom. The van der Waals surface area contributed by atoms with Gasteiger partial charge in [-0.3, -0.25) is 9.59 Å². The second-order valence-electron chi connectivity index (χ2n) is 3.08. The van der Waals surface area contributed by atoms with E-state index in [9.17, 15) is 9.59 Å². The van der Waals surface area contributed by atoms with Crippen LogP contribution >= 0.6 is 12.4 Å². The number of unbranched alkanes of at least 4 members (excludes halogenated alkanes) is 2. The lowest BCUT2D eigenvalue weighted by atomic mass is 10.2. The predicted molar refractivity (Wildman–Crippen MR) is 58.0 cm³/mol. The van der Waals surface area contributed by atoms with Gasteiger partial charge in [0.05, 0.1) is 13.0 Å². The van der Waals surface area contributed by atoms with Gasteiger partial charge in [-0.05, 0) is 6.42 Å². The number of carboxylic acid groups (broad SMARTS) is 1. The number of aliphatic carboxylic acids is 1. The molecule has 0 bridgehead atoms. The number of ether oxygens (including phenoxy) is 1. The van der Waals surface area contributed by atoms with Crippen molar-refractivity contribution in [3.05, 3.63) is 0 Å². The lowest BCUT2D eigenvalue weighted by molar-refractivity contribution is -0.149. The summed E-state index contributed by atoms with van der Waals surface area (Å²) in [5.74, 6) is -1.73. The Morgan fingerprint density at radius 1 is 1.40 bits per heavy atom. The van der Waals surface area contributed by atoms with Gasteiger partial charge >= 0.3 is 11.9 Å². The Morgan fingerprint density at radius 3 is 2.47 bits per heavy atom. The molecule has 0 saturated heterocycles. The van der Waals surface area contributed by atoms with Crippen LogP contribution in [-0.2, 0) is 14.3 Å². The van der Waals surface area contributed by atoms with Crippen molar-refractivity contribution in [3.8, 4) is 0 Å². The zero-order valence-electron chi connectivity index (χ0n) is 8.77. The summed E-state index contributed by atoms with van der Waals surface area (Å²) < 4.78 is 4.78. The van der Waals surface area contributed by atoms with Crippen LogP contribution in [0.3, 0.4) is 0 Å². The molecule has 0 spiro atoms. The van der Waals surface area contributed by atoms with Crippen LogP contribution < -0.4 is 5.73 Å². The maximum atomic E-state index is 11.0. The number of hydrogen-bond donors (Lipinski definition) is 2. The summed E-state index contributed by atoms with van der Waals surface area (Å²) in [6.45, 7) is 2.36. The lowest BCUT2D eigenvalue weighted by Crippen LogP contribution is -2.34. The second-order valence-corrected chi connectivity index (χ2v) is 3.08. The average Bonchev–Trinajstić information content (AvgIpc) is 2.11. The molecule has 0 heterocycles. The molecule has 0 aromatic rings. The monoisotopic (exact) mass is 239 g/mol. The van der Waals surface area contributed by atoms with Crippen LogP contribution in [0, 0.1) is 0 Å². The number of hydrogen-bond acceptors (Lipinski definition) is 4. The third kappa shape index (κ3) is 9.49. The Balaban J connectivity index is 0. The Kier molecular flexibility index (Phi) is 10.8. The van der Waals surface area contributed by atoms with Crippen LogP contribution in [0.4, 0.5) is 0 Å². The highest BCUT2D eigenvalue weighted by atomic mass is 35.5. The van der Waals surface area contributed by atoms with Crippen molar-refractivity contribution in [2.75, 3.05) is 6.61 Å². The summed E-state index contributed by atoms with van der Waals surface area (Å²) in [6, 6.07) is -1.05. The highest BCUT2D eigenvalue weighted by Crippen LogP contribution is 1.97. The minimum absolute atomic E-state index is 0. The molecule has 0 aliphatic carbocycles. The third-order valence-corrected chi connectivity index (χ3v) is 1.69. The Hall–Kier alpha value is -0.810. The standard InChI is InChI=1S/C9H17NO4.ClH/c1-2-3-4-5-14-9(13)7(10)6-8(11)12;/h7H,2-6,10H2,1H3,(H,11,12);1H/t7-;/m0./s1. The molecule has 0 radical (unpaired) electrons. The van der Waals surface area contributed by atoms with E-state index in [1.54, 1.807) is 0 Å². The van der Waals surface area contributed by atoms with Crippen LogP contribution in [0.25, 0.3) is 0 Å². The molecule has 3 N–H and O–H groups in total. The maximum absolute atomic E-state index is 11.0. The zero-order valence-corrected chi connectivity index (χ0v) is 9.59.